The van der Waals surface area contributed by atoms with Crippen molar-refractivity contribution in [2.24, 2.45) is 0 Å². The van der Waals surface area contributed by atoms with E-state index in [-0.39, 0.29) is 0 Å². The van der Waals surface area contributed by atoms with Gasteiger partial charge in [0.1, 0.15) is 5.75 Å². The number of hydrogen-bond donors (Lipinski definition) is 0. The molecule has 7 nitrogen and oxygen atoms in total. The standard InChI is InChI=1S/C22H34N6O/c1-3-4-9-21(22-23-24-25-28(22)19-7-5-6-8-19)27-16-14-26(15-17-27)18-10-12-20(29-2)13-11-18/h10-13,19,21H,3-9,14-17H2,1-2H3/t21-/m0/s1. The van der Waals surface area contributed by atoms with Crippen molar-refractivity contribution in [1.29, 1.82) is 0 Å². The average molecular weight is 399 g/mol. The first kappa shape index (κ1) is 20.1. The molecule has 1 saturated carbocycles. The second-order valence-corrected chi connectivity index (χ2v) is 8.30. The number of hydrogen-bond acceptors (Lipinski definition) is 6. The molecule has 2 fully saturated rings. The van der Waals surface area contributed by atoms with Gasteiger partial charge in [0.05, 0.1) is 19.2 Å². The van der Waals surface area contributed by atoms with E-state index >= 15 is 0 Å². The van der Waals surface area contributed by atoms with Crippen molar-refractivity contribution in [1.82, 2.24) is 25.1 Å². The van der Waals surface area contributed by atoms with E-state index in [1.807, 2.05) is 12.1 Å². The van der Waals surface area contributed by atoms with E-state index in [0.717, 1.165) is 44.2 Å². The molecule has 0 radical (unpaired) electrons. The van der Waals surface area contributed by atoms with Crippen molar-refractivity contribution in [3.8, 4) is 5.75 Å². The fourth-order valence-corrected chi connectivity index (χ4v) is 4.79. The fraction of sp³-hybridized carbons (Fsp3) is 0.682. The van der Waals surface area contributed by atoms with Crippen molar-refractivity contribution in [3.05, 3.63) is 30.1 Å². The second-order valence-electron chi connectivity index (χ2n) is 8.30. The molecule has 0 spiro atoms. The highest BCUT2D eigenvalue weighted by atomic mass is 16.5. The van der Waals surface area contributed by atoms with Crippen LogP contribution < -0.4 is 9.64 Å². The van der Waals surface area contributed by atoms with Gasteiger partial charge in [-0.25, -0.2) is 4.68 Å². The van der Waals surface area contributed by atoms with E-state index in [1.165, 1.54) is 44.2 Å². The Balaban J connectivity index is 1.45. The van der Waals surface area contributed by atoms with Crippen LogP contribution in [0.4, 0.5) is 5.69 Å². The Kier molecular flexibility index (Phi) is 6.64. The highest BCUT2D eigenvalue weighted by molar-refractivity contribution is 5.49. The molecule has 1 aliphatic carbocycles. The third-order valence-electron chi connectivity index (χ3n) is 6.51. The number of anilines is 1. The molecule has 1 saturated heterocycles. The molecule has 29 heavy (non-hydrogen) atoms. The molecule has 0 unspecified atom stereocenters. The molecular formula is C22H34N6O. The van der Waals surface area contributed by atoms with Crippen LogP contribution in [0.1, 0.15) is 69.8 Å². The molecule has 0 amide bonds. The van der Waals surface area contributed by atoms with Gasteiger partial charge < -0.3 is 9.64 Å². The van der Waals surface area contributed by atoms with Gasteiger partial charge in [-0.2, -0.15) is 0 Å². The van der Waals surface area contributed by atoms with Crippen LogP contribution in [0, 0.1) is 0 Å². The maximum atomic E-state index is 5.29. The summed E-state index contributed by atoms with van der Waals surface area (Å²) in [4.78, 5) is 5.07. The Bertz CT molecular complexity index is 747. The second kappa shape index (κ2) is 9.57. The lowest BCUT2D eigenvalue weighted by atomic mass is 10.1. The zero-order chi connectivity index (χ0) is 20.1. The molecule has 1 aromatic heterocycles. The van der Waals surface area contributed by atoms with E-state index in [2.05, 4.69) is 49.1 Å². The quantitative estimate of drug-likeness (QED) is 0.673. The predicted molar refractivity (Wildman–Crippen MR) is 114 cm³/mol. The first-order valence-corrected chi connectivity index (χ1v) is 11.2. The number of ether oxygens (including phenoxy) is 1. The first-order valence-electron chi connectivity index (χ1n) is 11.2. The largest absolute Gasteiger partial charge is 0.497 e. The van der Waals surface area contributed by atoms with E-state index in [4.69, 9.17) is 4.74 Å². The van der Waals surface area contributed by atoms with Gasteiger partial charge in [-0.05, 0) is 54.0 Å². The molecule has 2 heterocycles. The third kappa shape index (κ3) is 4.55. The summed E-state index contributed by atoms with van der Waals surface area (Å²) in [6.45, 7) is 6.40. The molecule has 1 atom stereocenters. The Morgan fingerprint density at radius 2 is 1.79 bits per heavy atom. The molecule has 2 aliphatic rings. The zero-order valence-corrected chi connectivity index (χ0v) is 17.8. The van der Waals surface area contributed by atoms with Gasteiger partial charge in [-0.3, -0.25) is 4.90 Å². The first-order chi connectivity index (χ1) is 14.3. The Hall–Kier alpha value is -2.15. The maximum Gasteiger partial charge on any atom is 0.168 e. The number of aromatic nitrogens is 4. The molecule has 2 aromatic rings. The summed E-state index contributed by atoms with van der Waals surface area (Å²) in [5.41, 5.74) is 1.27. The number of tetrazole rings is 1. The van der Waals surface area contributed by atoms with Gasteiger partial charge in [-0.15, -0.1) is 5.10 Å². The highest BCUT2D eigenvalue weighted by Gasteiger charge is 2.31. The lowest BCUT2D eigenvalue weighted by Gasteiger charge is -2.40. The van der Waals surface area contributed by atoms with Crippen molar-refractivity contribution in [2.75, 3.05) is 38.2 Å². The Morgan fingerprint density at radius 3 is 2.45 bits per heavy atom. The number of methoxy groups -OCH3 is 1. The van der Waals surface area contributed by atoms with Crippen LogP contribution in [0.5, 0.6) is 5.75 Å². The third-order valence-corrected chi connectivity index (χ3v) is 6.51. The normalized spacial score (nSPS) is 19.6. The minimum absolute atomic E-state index is 0.323. The van der Waals surface area contributed by atoms with E-state index < -0.39 is 0 Å². The van der Waals surface area contributed by atoms with E-state index in [9.17, 15) is 0 Å². The summed E-state index contributed by atoms with van der Waals surface area (Å²) >= 11 is 0. The summed E-state index contributed by atoms with van der Waals surface area (Å²) in [6.07, 6.45) is 8.56. The number of rotatable bonds is 8. The van der Waals surface area contributed by atoms with Crippen LogP contribution in [0.3, 0.4) is 0 Å². The monoisotopic (exact) mass is 398 g/mol. The van der Waals surface area contributed by atoms with Crippen LogP contribution in [0.25, 0.3) is 0 Å². The lowest BCUT2D eigenvalue weighted by Crippen LogP contribution is -2.48. The topological polar surface area (TPSA) is 59.3 Å². The number of unbranched alkanes of at least 4 members (excludes halogenated alkanes) is 1. The Labute approximate surface area is 174 Å². The van der Waals surface area contributed by atoms with E-state index in [0.29, 0.717) is 12.1 Å². The van der Waals surface area contributed by atoms with Crippen molar-refractivity contribution < 1.29 is 4.74 Å². The lowest BCUT2D eigenvalue weighted by molar-refractivity contribution is 0.160. The number of benzene rings is 1. The highest BCUT2D eigenvalue weighted by Crippen LogP contribution is 2.33. The average Bonchev–Trinajstić information content (AvgIpc) is 3.47. The van der Waals surface area contributed by atoms with Gasteiger partial charge in [0, 0.05) is 31.9 Å². The SMILES string of the molecule is CCCC[C@@H](c1nnnn1C1CCCC1)N1CCN(c2ccc(OC)cc2)CC1. The smallest absolute Gasteiger partial charge is 0.168 e. The summed E-state index contributed by atoms with van der Waals surface area (Å²) in [7, 11) is 1.71. The van der Waals surface area contributed by atoms with Crippen LogP contribution in [-0.2, 0) is 0 Å². The summed E-state index contributed by atoms with van der Waals surface area (Å²) in [6, 6.07) is 9.21. The predicted octanol–water partition coefficient (Wildman–Crippen LogP) is 3.85. The minimum atomic E-state index is 0.323. The fourth-order valence-electron chi connectivity index (χ4n) is 4.79. The number of piperazine rings is 1. The summed E-state index contributed by atoms with van der Waals surface area (Å²) in [5.74, 6) is 1.99. The zero-order valence-electron chi connectivity index (χ0n) is 17.8. The molecule has 7 heteroatoms. The van der Waals surface area contributed by atoms with Crippen LogP contribution in [0.15, 0.2) is 24.3 Å². The summed E-state index contributed by atoms with van der Waals surface area (Å²) < 4.78 is 7.45. The van der Waals surface area contributed by atoms with Crippen molar-refractivity contribution in [3.63, 3.8) is 0 Å². The van der Waals surface area contributed by atoms with Crippen molar-refractivity contribution in [2.45, 2.75) is 64.0 Å². The molecule has 1 aliphatic heterocycles. The molecule has 0 N–H and O–H groups in total. The number of nitrogens with zero attached hydrogens (tertiary/aromatic N) is 6. The Morgan fingerprint density at radius 1 is 1.07 bits per heavy atom. The van der Waals surface area contributed by atoms with E-state index in [1.54, 1.807) is 7.11 Å². The van der Waals surface area contributed by atoms with Gasteiger partial charge in [0.25, 0.3) is 0 Å². The van der Waals surface area contributed by atoms with Crippen LogP contribution >= 0.6 is 0 Å². The van der Waals surface area contributed by atoms with Gasteiger partial charge >= 0.3 is 0 Å². The summed E-state index contributed by atoms with van der Waals surface area (Å²) in [5, 5.41) is 13.0. The minimum Gasteiger partial charge on any atom is -0.497 e. The molecule has 0 bridgehead atoms. The van der Waals surface area contributed by atoms with Crippen LogP contribution in [-0.4, -0.2) is 58.4 Å². The van der Waals surface area contributed by atoms with Gasteiger partial charge in [0.15, 0.2) is 5.82 Å². The van der Waals surface area contributed by atoms with Gasteiger partial charge in [-0.1, -0.05) is 32.6 Å². The van der Waals surface area contributed by atoms with Crippen LogP contribution in [0.2, 0.25) is 0 Å². The maximum absolute atomic E-state index is 5.29. The van der Waals surface area contributed by atoms with Gasteiger partial charge in [0.2, 0.25) is 0 Å². The molecule has 1 aromatic carbocycles. The molecule has 4 rings (SSSR count). The van der Waals surface area contributed by atoms with Crippen molar-refractivity contribution >= 4 is 5.69 Å². The molecule has 158 valence electrons. The molecular weight excluding hydrogens is 364 g/mol.